The van der Waals surface area contributed by atoms with Crippen molar-refractivity contribution in [2.75, 3.05) is 0 Å². The molecule has 0 bridgehead atoms. The van der Waals surface area contributed by atoms with E-state index in [2.05, 4.69) is 22.1 Å². The average Bonchev–Trinajstić information content (AvgIpc) is 2.58. The van der Waals surface area contributed by atoms with E-state index in [-0.39, 0.29) is 0 Å². The van der Waals surface area contributed by atoms with E-state index in [1.807, 2.05) is 42.5 Å². The standard InChI is InChI=1S/C15H10N2S/c18-15-16-10-13(11-6-2-1-3-7-11)12-8-4-5-9-14(12)17-15/h1-10H. The minimum absolute atomic E-state index is 0.369. The molecule has 0 spiro atoms. The van der Waals surface area contributed by atoms with Crippen LogP contribution in [0.4, 0.5) is 0 Å². The first-order chi connectivity index (χ1) is 8.84. The van der Waals surface area contributed by atoms with E-state index in [0.717, 1.165) is 22.0 Å². The number of nitrogens with zero attached hydrogens (tertiary/aromatic N) is 2. The van der Waals surface area contributed by atoms with Gasteiger partial charge in [0.2, 0.25) is 4.77 Å². The second kappa shape index (κ2) is 4.63. The van der Waals surface area contributed by atoms with Crippen molar-refractivity contribution in [3.63, 3.8) is 0 Å². The zero-order valence-corrected chi connectivity index (χ0v) is 10.4. The molecule has 3 rings (SSSR count). The SMILES string of the molecule is S=c1ncc(-c2ccccc2)c2ccccc2n1. The molecule has 0 aliphatic heterocycles. The van der Waals surface area contributed by atoms with Gasteiger partial charge in [0.05, 0.1) is 5.52 Å². The molecule has 0 radical (unpaired) electrons. The molecule has 0 saturated carbocycles. The van der Waals surface area contributed by atoms with Crippen molar-refractivity contribution < 1.29 is 0 Å². The van der Waals surface area contributed by atoms with Crippen molar-refractivity contribution in [2.24, 2.45) is 0 Å². The number of rotatable bonds is 1. The van der Waals surface area contributed by atoms with E-state index >= 15 is 0 Å². The van der Waals surface area contributed by atoms with Gasteiger partial charge in [-0.25, -0.2) is 9.97 Å². The molecule has 3 aromatic rings. The minimum Gasteiger partial charge on any atom is -0.226 e. The van der Waals surface area contributed by atoms with Gasteiger partial charge in [-0.2, -0.15) is 0 Å². The predicted octanol–water partition coefficient (Wildman–Crippen LogP) is 4.03. The lowest BCUT2D eigenvalue weighted by molar-refractivity contribution is 1.21. The molecule has 2 nitrogen and oxygen atoms in total. The van der Waals surface area contributed by atoms with E-state index in [4.69, 9.17) is 12.2 Å². The third kappa shape index (κ3) is 2.00. The third-order valence-electron chi connectivity index (χ3n) is 2.80. The summed E-state index contributed by atoms with van der Waals surface area (Å²) >= 11 is 5.09. The quantitative estimate of drug-likeness (QED) is 0.610. The Labute approximate surface area is 110 Å². The summed E-state index contributed by atoms with van der Waals surface area (Å²) in [5.74, 6) is 0. The number of aromatic nitrogens is 2. The van der Waals surface area contributed by atoms with Crippen LogP contribution in [0.3, 0.4) is 0 Å². The van der Waals surface area contributed by atoms with Gasteiger partial charge in [-0.05, 0) is 23.8 Å². The van der Waals surface area contributed by atoms with Gasteiger partial charge in [0, 0.05) is 17.1 Å². The van der Waals surface area contributed by atoms with E-state index in [9.17, 15) is 0 Å². The number of fused-ring (bicyclic) bond motifs is 1. The topological polar surface area (TPSA) is 25.8 Å². The van der Waals surface area contributed by atoms with Crippen LogP contribution in [0.25, 0.3) is 22.0 Å². The largest absolute Gasteiger partial charge is 0.226 e. The third-order valence-corrected chi connectivity index (χ3v) is 3.00. The lowest BCUT2D eigenvalue weighted by Gasteiger charge is -2.01. The van der Waals surface area contributed by atoms with Gasteiger partial charge in [0.15, 0.2) is 0 Å². The highest BCUT2D eigenvalue weighted by atomic mass is 32.1. The minimum atomic E-state index is 0.369. The molecule has 86 valence electrons. The van der Waals surface area contributed by atoms with Crippen LogP contribution in [-0.2, 0) is 0 Å². The molecule has 0 atom stereocenters. The highest BCUT2D eigenvalue weighted by molar-refractivity contribution is 7.71. The molecule has 0 unspecified atom stereocenters. The molecule has 0 aliphatic carbocycles. The van der Waals surface area contributed by atoms with Crippen LogP contribution in [-0.4, -0.2) is 9.97 Å². The molecule has 2 aromatic carbocycles. The molecule has 0 amide bonds. The van der Waals surface area contributed by atoms with Gasteiger partial charge in [-0.1, -0.05) is 48.5 Å². The summed E-state index contributed by atoms with van der Waals surface area (Å²) in [5, 5.41) is 1.06. The lowest BCUT2D eigenvalue weighted by Crippen LogP contribution is -1.78. The Morgan fingerprint density at radius 2 is 1.56 bits per heavy atom. The zero-order chi connectivity index (χ0) is 12.4. The number of benzene rings is 2. The molecular weight excluding hydrogens is 240 g/mol. The summed E-state index contributed by atoms with van der Waals surface area (Å²) in [5.41, 5.74) is 3.04. The van der Waals surface area contributed by atoms with Crippen LogP contribution in [0.2, 0.25) is 0 Å². The van der Waals surface area contributed by atoms with E-state index in [1.54, 1.807) is 6.20 Å². The molecule has 0 aliphatic rings. The Morgan fingerprint density at radius 1 is 0.833 bits per heavy atom. The molecule has 0 fully saturated rings. The Hall–Kier alpha value is -2.13. The maximum Gasteiger partial charge on any atom is 0.219 e. The van der Waals surface area contributed by atoms with Crippen molar-refractivity contribution >= 4 is 23.1 Å². The van der Waals surface area contributed by atoms with Crippen LogP contribution >= 0.6 is 12.2 Å². The summed E-state index contributed by atoms with van der Waals surface area (Å²) < 4.78 is 0.369. The fraction of sp³-hybridized carbons (Fsp3) is 0. The summed E-state index contributed by atoms with van der Waals surface area (Å²) in [6, 6.07) is 18.1. The lowest BCUT2D eigenvalue weighted by atomic mass is 10.0. The van der Waals surface area contributed by atoms with Crippen LogP contribution in [0, 0.1) is 4.77 Å². The van der Waals surface area contributed by atoms with Crippen molar-refractivity contribution in [3.05, 3.63) is 65.6 Å². The Bertz CT molecular complexity index is 754. The molecule has 0 N–H and O–H groups in total. The summed E-state index contributed by atoms with van der Waals surface area (Å²) in [4.78, 5) is 8.53. The number of hydrogen-bond donors (Lipinski definition) is 0. The summed E-state index contributed by atoms with van der Waals surface area (Å²) in [6.07, 6.45) is 1.80. The average molecular weight is 250 g/mol. The maximum absolute atomic E-state index is 5.09. The van der Waals surface area contributed by atoms with Crippen molar-refractivity contribution in [3.8, 4) is 11.1 Å². The number of hydrogen-bond acceptors (Lipinski definition) is 3. The van der Waals surface area contributed by atoms with Gasteiger partial charge in [-0.3, -0.25) is 0 Å². The van der Waals surface area contributed by atoms with Crippen LogP contribution in [0.5, 0.6) is 0 Å². The second-order valence-corrected chi connectivity index (χ2v) is 4.31. The fourth-order valence-corrected chi connectivity index (χ4v) is 2.12. The Balaban J connectivity index is 2.44. The summed E-state index contributed by atoms with van der Waals surface area (Å²) in [6.45, 7) is 0. The van der Waals surface area contributed by atoms with Crippen LogP contribution in [0.1, 0.15) is 0 Å². The monoisotopic (exact) mass is 250 g/mol. The first kappa shape index (κ1) is 11.0. The molecule has 0 saturated heterocycles. The first-order valence-electron chi connectivity index (χ1n) is 5.66. The summed E-state index contributed by atoms with van der Waals surface area (Å²) in [7, 11) is 0. The zero-order valence-electron chi connectivity index (χ0n) is 9.58. The maximum atomic E-state index is 5.09. The van der Waals surface area contributed by atoms with Gasteiger partial charge < -0.3 is 0 Å². The fourth-order valence-electron chi connectivity index (χ4n) is 1.97. The van der Waals surface area contributed by atoms with Crippen LogP contribution < -0.4 is 0 Å². The molecule has 1 heterocycles. The predicted molar refractivity (Wildman–Crippen MR) is 75.8 cm³/mol. The number of para-hydroxylation sites is 1. The molecule has 1 aromatic heterocycles. The van der Waals surface area contributed by atoms with E-state index < -0.39 is 0 Å². The molecular formula is C15H10N2S. The van der Waals surface area contributed by atoms with E-state index in [0.29, 0.717) is 4.77 Å². The van der Waals surface area contributed by atoms with Crippen LogP contribution in [0.15, 0.2) is 60.8 Å². The van der Waals surface area contributed by atoms with Crippen molar-refractivity contribution in [1.29, 1.82) is 0 Å². The smallest absolute Gasteiger partial charge is 0.219 e. The Morgan fingerprint density at radius 3 is 2.39 bits per heavy atom. The second-order valence-electron chi connectivity index (χ2n) is 3.95. The molecule has 3 heteroatoms. The first-order valence-corrected chi connectivity index (χ1v) is 6.07. The Kier molecular flexibility index (Phi) is 2.82. The molecule has 18 heavy (non-hydrogen) atoms. The van der Waals surface area contributed by atoms with Gasteiger partial charge in [0.1, 0.15) is 0 Å². The normalized spacial score (nSPS) is 10.4. The van der Waals surface area contributed by atoms with Gasteiger partial charge in [0.25, 0.3) is 0 Å². The van der Waals surface area contributed by atoms with Crippen molar-refractivity contribution in [1.82, 2.24) is 9.97 Å². The van der Waals surface area contributed by atoms with Crippen molar-refractivity contribution in [2.45, 2.75) is 0 Å². The van der Waals surface area contributed by atoms with E-state index in [1.165, 1.54) is 0 Å². The van der Waals surface area contributed by atoms with Gasteiger partial charge in [-0.15, -0.1) is 0 Å². The highest BCUT2D eigenvalue weighted by Gasteiger charge is 2.03. The highest BCUT2D eigenvalue weighted by Crippen LogP contribution is 2.25. The van der Waals surface area contributed by atoms with Gasteiger partial charge >= 0.3 is 0 Å².